The predicted molar refractivity (Wildman–Crippen MR) is 119 cm³/mol. The Labute approximate surface area is 180 Å². The Morgan fingerprint density at radius 2 is 2.15 bits per heavy atom. The van der Waals surface area contributed by atoms with Gasteiger partial charge in [0, 0.05) is 50.2 Å². The molecule has 7 nitrogen and oxygen atoms in total. The average molecular weight is 509 g/mol. The number of sulfone groups is 1. The second-order valence-corrected chi connectivity index (χ2v) is 10.2. The van der Waals surface area contributed by atoms with E-state index in [-0.39, 0.29) is 35.1 Å². The van der Waals surface area contributed by atoms with E-state index in [1.165, 1.54) is 6.26 Å². The van der Waals surface area contributed by atoms with E-state index in [0.29, 0.717) is 18.5 Å². The second-order valence-electron chi connectivity index (χ2n) is 8.03. The first-order valence-corrected chi connectivity index (χ1v) is 11.6. The van der Waals surface area contributed by atoms with Crippen LogP contribution in [0, 0.1) is 11.3 Å². The molecule has 1 N–H and O–H groups in total. The smallest absolute Gasteiger partial charge is 0.194 e. The van der Waals surface area contributed by atoms with Gasteiger partial charge < -0.3 is 14.8 Å². The van der Waals surface area contributed by atoms with E-state index < -0.39 is 9.84 Å². The maximum atomic E-state index is 11.7. The molecular formula is C18H32IN5O2S. The number of piperidine rings is 1. The molecule has 1 aliphatic heterocycles. The van der Waals surface area contributed by atoms with E-state index in [1.54, 1.807) is 0 Å². The molecule has 0 aromatic carbocycles. The fourth-order valence-corrected chi connectivity index (χ4v) is 5.34. The van der Waals surface area contributed by atoms with Gasteiger partial charge in [0.15, 0.2) is 5.96 Å². The highest BCUT2D eigenvalue weighted by Crippen LogP contribution is 2.47. The fraction of sp³-hybridized carbons (Fsp3) is 0.778. The van der Waals surface area contributed by atoms with Crippen LogP contribution in [0.3, 0.4) is 0 Å². The van der Waals surface area contributed by atoms with Crippen LogP contribution in [0.2, 0.25) is 0 Å². The van der Waals surface area contributed by atoms with Gasteiger partial charge in [0.05, 0.1) is 18.1 Å². The zero-order chi connectivity index (χ0) is 18.8. The molecule has 0 spiro atoms. The van der Waals surface area contributed by atoms with Crippen molar-refractivity contribution in [2.24, 2.45) is 16.3 Å². The zero-order valence-corrected chi connectivity index (χ0v) is 19.6. The molecule has 1 saturated carbocycles. The van der Waals surface area contributed by atoms with Crippen molar-refractivity contribution < 1.29 is 8.42 Å². The molecule has 0 bridgehead atoms. The number of nitrogens with one attached hydrogen (secondary N) is 1. The van der Waals surface area contributed by atoms with Crippen LogP contribution in [-0.2, 0) is 9.84 Å². The first kappa shape index (κ1) is 22.4. The lowest BCUT2D eigenvalue weighted by Gasteiger charge is -2.39. The average Bonchev–Trinajstić information content (AvgIpc) is 3.09. The van der Waals surface area contributed by atoms with Crippen LogP contribution in [0.4, 0.5) is 0 Å². The van der Waals surface area contributed by atoms with Crippen molar-refractivity contribution in [2.45, 2.75) is 39.2 Å². The van der Waals surface area contributed by atoms with E-state index >= 15 is 0 Å². The highest BCUT2D eigenvalue weighted by Gasteiger charge is 2.45. The van der Waals surface area contributed by atoms with Crippen molar-refractivity contribution in [3.05, 3.63) is 18.7 Å². The summed E-state index contributed by atoms with van der Waals surface area (Å²) in [6.07, 6.45) is 10.1. The van der Waals surface area contributed by atoms with E-state index in [0.717, 1.165) is 44.9 Å². The van der Waals surface area contributed by atoms with Crippen molar-refractivity contribution in [1.82, 2.24) is 19.8 Å². The molecule has 2 aliphatic rings. The number of rotatable bonds is 6. The van der Waals surface area contributed by atoms with Gasteiger partial charge in [-0.3, -0.25) is 4.99 Å². The number of likely N-dealkylation sites (tertiary alicyclic amines) is 1. The molecule has 9 heteroatoms. The molecular weight excluding hydrogens is 477 g/mol. The number of aromatic nitrogens is 2. The third-order valence-corrected chi connectivity index (χ3v) is 6.69. The first-order chi connectivity index (χ1) is 12.3. The minimum atomic E-state index is -2.96. The summed E-state index contributed by atoms with van der Waals surface area (Å²) in [5, 5.41) is 3.40. The monoisotopic (exact) mass is 509 g/mol. The van der Waals surface area contributed by atoms with E-state index in [9.17, 15) is 8.42 Å². The van der Waals surface area contributed by atoms with Crippen LogP contribution in [-0.4, -0.2) is 67.0 Å². The molecule has 1 saturated heterocycles. The topological polar surface area (TPSA) is 79.6 Å². The SMILES string of the molecule is CCNC(=NCC1(CS(C)(=O)=O)CC1)N1CCC(C)C(n2ccnc2)C1.I. The summed E-state index contributed by atoms with van der Waals surface area (Å²) in [7, 11) is -2.96. The summed E-state index contributed by atoms with van der Waals surface area (Å²) in [4.78, 5) is 11.3. The minimum Gasteiger partial charge on any atom is -0.357 e. The van der Waals surface area contributed by atoms with Crippen LogP contribution in [0.1, 0.15) is 39.2 Å². The normalized spacial score (nSPS) is 25.0. The van der Waals surface area contributed by atoms with Crippen LogP contribution < -0.4 is 5.32 Å². The summed E-state index contributed by atoms with van der Waals surface area (Å²) in [6, 6.07) is 0.376. The molecule has 1 aromatic heterocycles. The minimum absolute atomic E-state index is 0. The predicted octanol–water partition coefficient (Wildman–Crippen LogP) is 2.17. The Bertz CT molecular complexity index is 731. The standard InChI is InChI=1S/C18H31N5O2S.HI/c1-4-20-17(21-12-18(6-7-18)13-26(3,24)25)22-9-5-15(2)16(11-22)23-10-8-19-14-23;/h8,10,14-16H,4-7,9,11-13H2,1-3H3,(H,20,21);1H. The maximum Gasteiger partial charge on any atom is 0.194 e. The van der Waals surface area contributed by atoms with Gasteiger partial charge in [-0.05, 0) is 32.1 Å². The fourth-order valence-electron chi connectivity index (χ4n) is 3.84. The molecule has 2 heterocycles. The van der Waals surface area contributed by atoms with Gasteiger partial charge in [-0.15, -0.1) is 24.0 Å². The van der Waals surface area contributed by atoms with E-state index in [4.69, 9.17) is 4.99 Å². The molecule has 2 atom stereocenters. The van der Waals surface area contributed by atoms with E-state index in [1.807, 2.05) is 18.7 Å². The maximum absolute atomic E-state index is 11.7. The Kier molecular flexibility index (Phi) is 7.57. The molecule has 0 amide bonds. The Balaban J connectivity index is 0.00000261. The zero-order valence-electron chi connectivity index (χ0n) is 16.5. The molecule has 154 valence electrons. The molecule has 2 unspecified atom stereocenters. The summed E-state index contributed by atoms with van der Waals surface area (Å²) in [5.41, 5.74) is -0.138. The number of halogens is 1. The Morgan fingerprint density at radius 3 is 2.70 bits per heavy atom. The van der Waals surface area contributed by atoms with Crippen molar-refractivity contribution in [1.29, 1.82) is 0 Å². The molecule has 1 aromatic rings. The van der Waals surface area contributed by atoms with Gasteiger partial charge in [0.25, 0.3) is 0 Å². The van der Waals surface area contributed by atoms with Crippen LogP contribution in [0.25, 0.3) is 0 Å². The molecule has 27 heavy (non-hydrogen) atoms. The van der Waals surface area contributed by atoms with Gasteiger partial charge in [-0.1, -0.05) is 6.92 Å². The highest BCUT2D eigenvalue weighted by molar-refractivity contribution is 14.0. The summed E-state index contributed by atoms with van der Waals surface area (Å²) in [6.45, 7) is 7.61. The van der Waals surface area contributed by atoms with Gasteiger partial charge in [-0.25, -0.2) is 13.4 Å². The van der Waals surface area contributed by atoms with Gasteiger partial charge in [0.2, 0.25) is 0 Å². The Morgan fingerprint density at radius 1 is 1.41 bits per heavy atom. The quantitative estimate of drug-likeness (QED) is 0.361. The number of hydrogen-bond acceptors (Lipinski definition) is 4. The van der Waals surface area contributed by atoms with Crippen molar-refractivity contribution in [3.8, 4) is 0 Å². The van der Waals surface area contributed by atoms with Crippen LogP contribution >= 0.6 is 24.0 Å². The molecule has 1 aliphatic carbocycles. The van der Waals surface area contributed by atoms with Crippen molar-refractivity contribution >= 4 is 39.8 Å². The summed E-state index contributed by atoms with van der Waals surface area (Å²) < 4.78 is 25.6. The van der Waals surface area contributed by atoms with Gasteiger partial charge >= 0.3 is 0 Å². The van der Waals surface area contributed by atoms with Crippen molar-refractivity contribution in [2.75, 3.05) is 38.2 Å². The van der Waals surface area contributed by atoms with Crippen molar-refractivity contribution in [3.63, 3.8) is 0 Å². The third kappa shape index (κ3) is 6.07. The largest absolute Gasteiger partial charge is 0.357 e. The highest BCUT2D eigenvalue weighted by atomic mass is 127. The lowest BCUT2D eigenvalue weighted by atomic mass is 9.93. The van der Waals surface area contributed by atoms with Gasteiger partial charge in [-0.2, -0.15) is 0 Å². The number of aliphatic imine (C=N–C) groups is 1. The Hall–Kier alpha value is -0.840. The summed E-state index contributed by atoms with van der Waals surface area (Å²) in [5.74, 6) is 1.74. The van der Waals surface area contributed by atoms with Gasteiger partial charge in [0.1, 0.15) is 9.84 Å². The van der Waals surface area contributed by atoms with Crippen LogP contribution in [0.5, 0.6) is 0 Å². The lowest BCUT2D eigenvalue weighted by molar-refractivity contribution is 0.189. The number of nitrogens with zero attached hydrogens (tertiary/aromatic N) is 4. The van der Waals surface area contributed by atoms with Crippen LogP contribution in [0.15, 0.2) is 23.7 Å². The first-order valence-electron chi connectivity index (χ1n) is 9.50. The second kappa shape index (κ2) is 9.11. The van der Waals surface area contributed by atoms with E-state index in [2.05, 4.69) is 33.6 Å². The summed E-state index contributed by atoms with van der Waals surface area (Å²) >= 11 is 0. The third-order valence-electron chi connectivity index (χ3n) is 5.55. The molecule has 3 rings (SSSR count). The molecule has 2 fully saturated rings. The number of guanidine groups is 1. The molecule has 0 radical (unpaired) electrons. The number of imidazole rings is 1. The lowest BCUT2D eigenvalue weighted by Crippen LogP contribution is -2.49. The number of hydrogen-bond donors (Lipinski definition) is 1.